The fourth-order valence-electron chi connectivity index (χ4n) is 1.48. The van der Waals surface area contributed by atoms with Crippen molar-refractivity contribution in [2.75, 3.05) is 14.2 Å². The number of carbonyl (C=O) groups is 1. The quantitative estimate of drug-likeness (QED) is 0.747. The van der Waals surface area contributed by atoms with Gasteiger partial charge in [0.1, 0.15) is 0 Å². The zero-order valence-electron chi connectivity index (χ0n) is 9.18. The first-order chi connectivity index (χ1) is 7.02. The number of benzene rings is 1. The molecule has 0 radical (unpaired) electrons. The number of ketones is 1. The highest BCUT2D eigenvalue weighted by molar-refractivity contribution is 6.32. The third kappa shape index (κ3) is 2.07. The second-order valence-corrected chi connectivity index (χ2v) is 3.56. The van der Waals surface area contributed by atoms with Crippen LogP contribution in [0.25, 0.3) is 0 Å². The van der Waals surface area contributed by atoms with E-state index in [1.807, 2.05) is 0 Å². The molecule has 1 aromatic rings. The summed E-state index contributed by atoms with van der Waals surface area (Å²) in [5.41, 5.74) is 1.18. The fourth-order valence-corrected chi connectivity index (χ4v) is 1.67. The van der Waals surface area contributed by atoms with Gasteiger partial charge in [-0.1, -0.05) is 11.6 Å². The van der Waals surface area contributed by atoms with Crippen molar-refractivity contribution in [2.24, 2.45) is 0 Å². The first kappa shape index (κ1) is 11.9. The molecule has 0 N–H and O–H groups in total. The summed E-state index contributed by atoms with van der Waals surface area (Å²) in [6.45, 7) is 3.25. The highest BCUT2D eigenvalue weighted by Crippen LogP contribution is 2.37. The van der Waals surface area contributed by atoms with Gasteiger partial charge in [0, 0.05) is 11.1 Å². The predicted molar refractivity (Wildman–Crippen MR) is 59.3 cm³/mol. The molecule has 15 heavy (non-hydrogen) atoms. The molecule has 0 aliphatic carbocycles. The number of ether oxygens (including phenoxy) is 2. The van der Waals surface area contributed by atoms with Gasteiger partial charge in [-0.3, -0.25) is 4.79 Å². The molecule has 0 aliphatic heterocycles. The topological polar surface area (TPSA) is 35.5 Å². The average Bonchev–Trinajstić information content (AvgIpc) is 2.20. The monoisotopic (exact) mass is 228 g/mol. The molecule has 0 aliphatic rings. The van der Waals surface area contributed by atoms with Gasteiger partial charge in [0.2, 0.25) is 0 Å². The van der Waals surface area contributed by atoms with Gasteiger partial charge in [0.15, 0.2) is 17.3 Å². The number of hydrogen-bond acceptors (Lipinski definition) is 3. The first-order valence-corrected chi connectivity index (χ1v) is 4.82. The molecule has 0 unspecified atom stereocenters. The Morgan fingerprint density at radius 1 is 1.33 bits per heavy atom. The zero-order chi connectivity index (χ0) is 11.6. The second kappa shape index (κ2) is 4.53. The van der Waals surface area contributed by atoms with Crippen molar-refractivity contribution in [2.45, 2.75) is 13.8 Å². The van der Waals surface area contributed by atoms with Crippen LogP contribution in [0.3, 0.4) is 0 Å². The average molecular weight is 229 g/mol. The molecule has 0 amide bonds. The van der Waals surface area contributed by atoms with Crippen LogP contribution in [-0.4, -0.2) is 20.0 Å². The number of carbonyl (C=O) groups excluding carboxylic acids is 1. The van der Waals surface area contributed by atoms with E-state index >= 15 is 0 Å². The van der Waals surface area contributed by atoms with Gasteiger partial charge in [-0.15, -0.1) is 0 Å². The molecule has 0 bridgehead atoms. The Hall–Kier alpha value is -1.22. The standard InChI is InChI=1S/C11H13ClO3/c1-6-8(12)5-9(14-3)11(15-4)10(6)7(2)13/h5H,1-4H3. The van der Waals surface area contributed by atoms with Crippen LogP contribution in [0.15, 0.2) is 6.07 Å². The van der Waals surface area contributed by atoms with Crippen molar-refractivity contribution < 1.29 is 14.3 Å². The Bertz CT molecular complexity index is 399. The summed E-state index contributed by atoms with van der Waals surface area (Å²) in [5.74, 6) is 0.815. The second-order valence-electron chi connectivity index (χ2n) is 3.15. The molecule has 0 aromatic heterocycles. The minimum atomic E-state index is -0.0925. The van der Waals surface area contributed by atoms with Crippen LogP contribution in [0.4, 0.5) is 0 Å². The molecule has 1 aromatic carbocycles. The maximum atomic E-state index is 11.5. The first-order valence-electron chi connectivity index (χ1n) is 4.45. The number of halogens is 1. The van der Waals surface area contributed by atoms with Gasteiger partial charge in [-0.2, -0.15) is 0 Å². The third-order valence-electron chi connectivity index (χ3n) is 2.22. The van der Waals surface area contributed by atoms with Crippen LogP contribution < -0.4 is 9.47 Å². The van der Waals surface area contributed by atoms with Gasteiger partial charge in [-0.05, 0) is 19.4 Å². The van der Waals surface area contributed by atoms with E-state index in [-0.39, 0.29) is 5.78 Å². The van der Waals surface area contributed by atoms with E-state index in [4.69, 9.17) is 21.1 Å². The summed E-state index contributed by atoms with van der Waals surface area (Å²) < 4.78 is 10.3. The SMILES string of the molecule is COc1cc(Cl)c(C)c(C(C)=O)c1OC. The van der Waals surface area contributed by atoms with E-state index in [1.165, 1.54) is 21.1 Å². The number of Topliss-reactive ketones (excluding diaryl/α,β-unsaturated/α-hetero) is 1. The minimum Gasteiger partial charge on any atom is -0.493 e. The summed E-state index contributed by atoms with van der Waals surface area (Å²) in [6.07, 6.45) is 0. The van der Waals surface area contributed by atoms with Crippen molar-refractivity contribution in [1.82, 2.24) is 0 Å². The number of hydrogen-bond donors (Lipinski definition) is 0. The van der Waals surface area contributed by atoms with E-state index in [0.29, 0.717) is 27.6 Å². The summed E-state index contributed by atoms with van der Waals surface area (Å²) in [5, 5.41) is 0.498. The van der Waals surface area contributed by atoms with Crippen LogP contribution in [0.5, 0.6) is 11.5 Å². The smallest absolute Gasteiger partial charge is 0.171 e. The maximum absolute atomic E-state index is 11.5. The van der Waals surface area contributed by atoms with Crippen molar-refractivity contribution in [3.05, 3.63) is 22.2 Å². The molecule has 0 saturated heterocycles. The van der Waals surface area contributed by atoms with Gasteiger partial charge in [0.25, 0.3) is 0 Å². The summed E-state index contributed by atoms with van der Waals surface area (Å²) >= 11 is 5.98. The molecule has 0 heterocycles. The van der Waals surface area contributed by atoms with Crippen molar-refractivity contribution in [3.63, 3.8) is 0 Å². The molecular weight excluding hydrogens is 216 g/mol. The van der Waals surface area contributed by atoms with Gasteiger partial charge in [-0.25, -0.2) is 0 Å². The van der Waals surface area contributed by atoms with Crippen LogP contribution in [0.2, 0.25) is 5.02 Å². The molecule has 3 nitrogen and oxygen atoms in total. The van der Waals surface area contributed by atoms with Crippen molar-refractivity contribution in [3.8, 4) is 11.5 Å². The van der Waals surface area contributed by atoms with E-state index in [9.17, 15) is 4.79 Å². The molecule has 0 saturated carbocycles. The van der Waals surface area contributed by atoms with Crippen LogP contribution >= 0.6 is 11.6 Å². The summed E-state index contributed by atoms with van der Waals surface area (Å²) in [6, 6.07) is 1.64. The van der Waals surface area contributed by atoms with Gasteiger partial charge >= 0.3 is 0 Å². The van der Waals surface area contributed by atoms with Crippen molar-refractivity contribution in [1.29, 1.82) is 0 Å². The highest BCUT2D eigenvalue weighted by atomic mass is 35.5. The Kier molecular flexibility index (Phi) is 3.58. The number of rotatable bonds is 3. The molecule has 0 spiro atoms. The number of methoxy groups -OCH3 is 2. The molecule has 82 valence electrons. The van der Waals surface area contributed by atoms with Gasteiger partial charge < -0.3 is 9.47 Å². The Morgan fingerprint density at radius 3 is 2.33 bits per heavy atom. The van der Waals surface area contributed by atoms with Crippen molar-refractivity contribution >= 4 is 17.4 Å². The fraction of sp³-hybridized carbons (Fsp3) is 0.364. The third-order valence-corrected chi connectivity index (χ3v) is 2.61. The Balaban J connectivity index is 3.56. The normalized spacial score (nSPS) is 9.93. The lowest BCUT2D eigenvalue weighted by Crippen LogP contribution is -2.03. The predicted octanol–water partition coefficient (Wildman–Crippen LogP) is 2.87. The summed E-state index contributed by atoms with van der Waals surface area (Å²) in [7, 11) is 3.01. The van der Waals surface area contributed by atoms with E-state index in [0.717, 1.165) is 0 Å². The van der Waals surface area contributed by atoms with E-state index in [1.54, 1.807) is 13.0 Å². The van der Waals surface area contributed by atoms with Crippen LogP contribution in [-0.2, 0) is 0 Å². The maximum Gasteiger partial charge on any atom is 0.171 e. The molecule has 0 atom stereocenters. The molecule has 4 heteroatoms. The zero-order valence-corrected chi connectivity index (χ0v) is 9.94. The highest BCUT2D eigenvalue weighted by Gasteiger charge is 2.19. The Labute approximate surface area is 93.9 Å². The summed E-state index contributed by atoms with van der Waals surface area (Å²) in [4.78, 5) is 11.5. The molecule has 1 rings (SSSR count). The minimum absolute atomic E-state index is 0.0925. The Morgan fingerprint density at radius 2 is 1.93 bits per heavy atom. The molecule has 0 fully saturated rings. The van der Waals surface area contributed by atoms with Crippen LogP contribution in [0.1, 0.15) is 22.8 Å². The lowest BCUT2D eigenvalue weighted by atomic mass is 10.0. The molecular formula is C11H13ClO3. The lowest BCUT2D eigenvalue weighted by Gasteiger charge is -2.14. The van der Waals surface area contributed by atoms with Crippen LogP contribution in [0, 0.1) is 6.92 Å². The van der Waals surface area contributed by atoms with E-state index in [2.05, 4.69) is 0 Å². The van der Waals surface area contributed by atoms with Gasteiger partial charge in [0.05, 0.1) is 19.8 Å². The largest absolute Gasteiger partial charge is 0.493 e. The van der Waals surface area contributed by atoms with E-state index < -0.39 is 0 Å². The lowest BCUT2D eigenvalue weighted by molar-refractivity contribution is 0.101.